The van der Waals surface area contributed by atoms with Gasteiger partial charge in [0, 0.05) is 50.7 Å². The van der Waals surface area contributed by atoms with Crippen LogP contribution in [0.3, 0.4) is 0 Å². The van der Waals surface area contributed by atoms with Crippen molar-refractivity contribution in [2.45, 2.75) is 0 Å². The molecule has 118 valence electrons. The highest BCUT2D eigenvalue weighted by Gasteiger charge is 2.06. The standard InChI is InChI=1S/C17H21N3.ClHO/c1-19(2)15-9-5-13(6-10-15)17(18)14-7-11-16(12-8-14)20(3)4;1-2/h5-12,18H,1-4H3;2H. The van der Waals surface area contributed by atoms with Crippen molar-refractivity contribution < 1.29 is 4.66 Å². The summed E-state index contributed by atoms with van der Waals surface area (Å²) < 4.78 is 6.47. The minimum absolute atomic E-state index is 0.556. The second-order valence-electron chi connectivity index (χ2n) is 5.26. The molecule has 0 aliphatic heterocycles. The van der Waals surface area contributed by atoms with Crippen molar-refractivity contribution in [3.63, 3.8) is 0 Å². The Balaban J connectivity index is 0.00000116. The summed E-state index contributed by atoms with van der Waals surface area (Å²) in [5, 5.41) is 8.30. The van der Waals surface area contributed by atoms with Gasteiger partial charge in [-0.1, -0.05) is 24.3 Å². The van der Waals surface area contributed by atoms with Gasteiger partial charge in [-0.15, -0.1) is 0 Å². The van der Waals surface area contributed by atoms with Crippen LogP contribution in [0.15, 0.2) is 48.5 Å². The first-order valence-corrected chi connectivity index (χ1v) is 7.14. The molecule has 4 nitrogen and oxygen atoms in total. The summed E-state index contributed by atoms with van der Waals surface area (Å²) in [5.74, 6) is 0. The summed E-state index contributed by atoms with van der Waals surface area (Å²) in [6.07, 6.45) is 0. The van der Waals surface area contributed by atoms with E-state index in [-0.39, 0.29) is 0 Å². The van der Waals surface area contributed by atoms with E-state index in [1.54, 1.807) is 0 Å². The van der Waals surface area contributed by atoms with Crippen LogP contribution in [0.5, 0.6) is 0 Å². The minimum Gasteiger partial charge on any atom is -0.378 e. The molecule has 0 amide bonds. The maximum atomic E-state index is 8.30. The molecule has 0 atom stereocenters. The van der Waals surface area contributed by atoms with Crippen LogP contribution in [-0.2, 0) is 0 Å². The molecule has 0 heterocycles. The van der Waals surface area contributed by atoms with Gasteiger partial charge in [-0.05, 0) is 24.3 Å². The molecule has 2 aromatic carbocycles. The summed E-state index contributed by atoms with van der Waals surface area (Å²) in [6.45, 7) is 0. The lowest BCUT2D eigenvalue weighted by Crippen LogP contribution is -2.10. The first-order valence-electron chi connectivity index (χ1n) is 6.80. The van der Waals surface area contributed by atoms with Crippen molar-refractivity contribution in [2.24, 2.45) is 0 Å². The van der Waals surface area contributed by atoms with E-state index in [0.29, 0.717) is 5.71 Å². The van der Waals surface area contributed by atoms with Gasteiger partial charge in [0.05, 0.1) is 17.6 Å². The Bertz CT molecular complexity index is 539. The van der Waals surface area contributed by atoms with Gasteiger partial charge in [-0.2, -0.15) is 0 Å². The zero-order valence-corrected chi connectivity index (χ0v) is 14.1. The van der Waals surface area contributed by atoms with E-state index in [1.165, 1.54) is 0 Å². The summed E-state index contributed by atoms with van der Waals surface area (Å²) in [6, 6.07) is 16.1. The Morgan fingerprint density at radius 2 is 1.00 bits per heavy atom. The molecule has 0 bridgehead atoms. The molecule has 2 aromatic rings. The third-order valence-corrected chi connectivity index (χ3v) is 3.34. The molecule has 0 saturated heterocycles. The molecule has 0 spiro atoms. The molecular formula is C17H22ClN3O. The van der Waals surface area contributed by atoms with Gasteiger partial charge in [0.25, 0.3) is 0 Å². The van der Waals surface area contributed by atoms with Crippen LogP contribution in [-0.4, -0.2) is 38.6 Å². The number of anilines is 2. The molecule has 5 heteroatoms. The van der Waals surface area contributed by atoms with E-state index in [9.17, 15) is 0 Å². The van der Waals surface area contributed by atoms with Crippen LogP contribution in [0, 0.1) is 5.41 Å². The largest absolute Gasteiger partial charge is 0.378 e. The Kier molecular flexibility index (Phi) is 6.89. The monoisotopic (exact) mass is 319 g/mol. The average Bonchev–Trinajstić information content (AvgIpc) is 2.56. The Morgan fingerprint density at radius 3 is 1.23 bits per heavy atom. The second kappa shape index (κ2) is 8.41. The van der Waals surface area contributed by atoms with Crippen LogP contribution < -0.4 is 9.80 Å². The van der Waals surface area contributed by atoms with Crippen molar-refractivity contribution in [2.75, 3.05) is 38.0 Å². The molecule has 0 unspecified atom stereocenters. The molecule has 0 aliphatic carbocycles. The van der Waals surface area contributed by atoms with E-state index in [4.69, 9.17) is 10.1 Å². The summed E-state index contributed by atoms with van der Waals surface area (Å²) >= 11 is 3.64. The van der Waals surface area contributed by atoms with Gasteiger partial charge >= 0.3 is 0 Å². The van der Waals surface area contributed by atoms with E-state index >= 15 is 0 Å². The van der Waals surface area contributed by atoms with Gasteiger partial charge in [0.15, 0.2) is 0 Å². The van der Waals surface area contributed by atoms with Crippen molar-refractivity contribution in [1.82, 2.24) is 0 Å². The fourth-order valence-corrected chi connectivity index (χ4v) is 2.02. The van der Waals surface area contributed by atoms with Crippen molar-refractivity contribution in [3.8, 4) is 0 Å². The van der Waals surface area contributed by atoms with Gasteiger partial charge in [0.2, 0.25) is 0 Å². The van der Waals surface area contributed by atoms with E-state index in [1.807, 2.05) is 76.7 Å². The Hall–Kier alpha value is -2.04. The van der Waals surface area contributed by atoms with Gasteiger partial charge in [-0.25, -0.2) is 0 Å². The van der Waals surface area contributed by atoms with Gasteiger partial charge < -0.3 is 9.80 Å². The molecule has 2 N–H and O–H groups in total. The molecular weight excluding hydrogens is 298 g/mol. The minimum atomic E-state index is 0.556. The van der Waals surface area contributed by atoms with Gasteiger partial charge in [0.1, 0.15) is 0 Å². The highest BCUT2D eigenvalue weighted by Crippen LogP contribution is 2.18. The van der Waals surface area contributed by atoms with E-state index in [2.05, 4.69) is 21.7 Å². The molecule has 0 fully saturated rings. The number of benzene rings is 2. The van der Waals surface area contributed by atoms with E-state index in [0.717, 1.165) is 22.5 Å². The molecule has 0 aromatic heterocycles. The number of rotatable bonds is 4. The zero-order valence-electron chi connectivity index (χ0n) is 13.3. The van der Waals surface area contributed by atoms with Crippen molar-refractivity contribution in [3.05, 3.63) is 59.7 Å². The fourth-order valence-electron chi connectivity index (χ4n) is 2.02. The SMILES string of the molecule is CN(C)c1ccc(C(=N)c2ccc(N(C)C)cc2)cc1.OCl. The third-order valence-electron chi connectivity index (χ3n) is 3.34. The van der Waals surface area contributed by atoms with Crippen molar-refractivity contribution in [1.29, 1.82) is 5.41 Å². The van der Waals surface area contributed by atoms with Crippen LogP contribution in [0.2, 0.25) is 0 Å². The first kappa shape index (κ1) is 18.0. The summed E-state index contributed by atoms with van der Waals surface area (Å²) in [5.41, 5.74) is 4.72. The number of hydrogen-bond donors (Lipinski definition) is 2. The lowest BCUT2D eigenvalue weighted by Gasteiger charge is -2.14. The smallest absolute Gasteiger partial charge is 0.0684 e. The van der Waals surface area contributed by atoms with Crippen LogP contribution in [0.1, 0.15) is 11.1 Å². The number of halogens is 1. The maximum absolute atomic E-state index is 8.30. The predicted molar refractivity (Wildman–Crippen MR) is 95.5 cm³/mol. The highest BCUT2D eigenvalue weighted by atomic mass is 35.5. The average molecular weight is 320 g/mol. The molecule has 0 aliphatic rings. The zero-order chi connectivity index (χ0) is 16.7. The normalized spacial score (nSPS) is 9.55. The number of hydrogen-bond acceptors (Lipinski definition) is 4. The van der Waals surface area contributed by atoms with Crippen LogP contribution in [0.4, 0.5) is 11.4 Å². The van der Waals surface area contributed by atoms with Crippen LogP contribution in [0.25, 0.3) is 0 Å². The number of nitrogens with zero attached hydrogens (tertiary/aromatic N) is 2. The number of nitrogens with one attached hydrogen (secondary N) is 1. The third kappa shape index (κ3) is 4.48. The van der Waals surface area contributed by atoms with Crippen molar-refractivity contribution >= 4 is 29.0 Å². The molecule has 2 rings (SSSR count). The first-order chi connectivity index (χ1) is 10.5. The molecule has 22 heavy (non-hydrogen) atoms. The Labute approximate surface area is 137 Å². The fraction of sp³-hybridized carbons (Fsp3) is 0.235. The quantitative estimate of drug-likeness (QED) is 0.850. The summed E-state index contributed by atoms with van der Waals surface area (Å²) in [4.78, 5) is 4.11. The predicted octanol–water partition coefficient (Wildman–Crippen LogP) is 3.37. The summed E-state index contributed by atoms with van der Waals surface area (Å²) in [7, 11) is 8.06. The lowest BCUT2D eigenvalue weighted by atomic mass is 10.0. The highest BCUT2D eigenvalue weighted by molar-refractivity contribution is 6.11. The topological polar surface area (TPSA) is 50.6 Å². The lowest BCUT2D eigenvalue weighted by molar-refractivity contribution is 0.632. The van der Waals surface area contributed by atoms with E-state index < -0.39 is 0 Å². The molecule has 0 radical (unpaired) electrons. The second-order valence-corrected chi connectivity index (χ2v) is 5.26. The van der Waals surface area contributed by atoms with Gasteiger partial charge in [-0.3, -0.25) is 10.1 Å². The molecule has 0 saturated carbocycles. The Morgan fingerprint density at radius 1 is 0.727 bits per heavy atom. The van der Waals surface area contributed by atoms with Crippen LogP contribution >= 0.6 is 11.9 Å². The maximum Gasteiger partial charge on any atom is 0.0684 e.